The van der Waals surface area contributed by atoms with Gasteiger partial charge in [0.25, 0.3) is 0 Å². The van der Waals surface area contributed by atoms with Crippen LogP contribution in [0.25, 0.3) is 10.2 Å². The first-order valence-corrected chi connectivity index (χ1v) is 8.16. The van der Waals surface area contributed by atoms with Crippen LogP contribution >= 0.6 is 22.9 Å². The van der Waals surface area contributed by atoms with E-state index in [0.29, 0.717) is 32.9 Å². The van der Waals surface area contributed by atoms with Crippen LogP contribution in [0, 0.1) is 0 Å². The van der Waals surface area contributed by atoms with Crippen molar-refractivity contribution in [2.24, 2.45) is 0 Å². The molecule has 3 rings (SSSR count). The fourth-order valence-electron chi connectivity index (χ4n) is 2.15. The average molecular weight is 364 g/mol. The summed E-state index contributed by atoms with van der Waals surface area (Å²) in [5.41, 5.74) is 1.16. The van der Waals surface area contributed by atoms with Crippen molar-refractivity contribution in [1.82, 2.24) is 4.98 Å². The van der Waals surface area contributed by atoms with E-state index in [1.165, 1.54) is 11.3 Å². The number of nitrogens with one attached hydrogen (secondary N) is 2. The van der Waals surface area contributed by atoms with Crippen LogP contribution in [0.1, 0.15) is 0 Å². The zero-order chi connectivity index (χ0) is 17.1. The SMILES string of the molecule is COc1ccc(OC)c2sc(NC(=O)Nc3ccccc3Cl)nc12. The van der Waals surface area contributed by atoms with E-state index in [4.69, 9.17) is 21.1 Å². The van der Waals surface area contributed by atoms with Gasteiger partial charge in [0.15, 0.2) is 5.13 Å². The molecule has 2 aromatic carbocycles. The molecule has 124 valence electrons. The second-order valence-corrected chi connectivity index (χ2v) is 6.13. The summed E-state index contributed by atoms with van der Waals surface area (Å²) in [4.78, 5) is 16.5. The van der Waals surface area contributed by atoms with Gasteiger partial charge in [-0.2, -0.15) is 0 Å². The fraction of sp³-hybridized carbons (Fsp3) is 0.125. The number of urea groups is 1. The highest BCUT2D eigenvalue weighted by Gasteiger charge is 2.15. The van der Waals surface area contributed by atoms with Gasteiger partial charge in [-0.1, -0.05) is 35.1 Å². The zero-order valence-electron chi connectivity index (χ0n) is 12.9. The number of hydrogen-bond acceptors (Lipinski definition) is 5. The van der Waals surface area contributed by atoms with Crippen LogP contribution in [0.5, 0.6) is 11.5 Å². The maximum Gasteiger partial charge on any atom is 0.325 e. The topological polar surface area (TPSA) is 72.5 Å². The number of nitrogens with zero attached hydrogens (tertiary/aromatic N) is 1. The number of ether oxygens (including phenoxy) is 2. The molecule has 0 aliphatic carbocycles. The maximum atomic E-state index is 12.1. The third-order valence-corrected chi connectivity index (χ3v) is 4.57. The van der Waals surface area contributed by atoms with E-state index in [0.717, 1.165) is 4.70 Å². The van der Waals surface area contributed by atoms with Gasteiger partial charge >= 0.3 is 6.03 Å². The number of carbonyl (C=O) groups excluding carboxylic acids is 1. The second kappa shape index (κ2) is 6.94. The van der Waals surface area contributed by atoms with Crippen LogP contribution in [0.3, 0.4) is 0 Å². The number of anilines is 2. The number of thiazole rings is 1. The van der Waals surface area contributed by atoms with Crippen LogP contribution < -0.4 is 20.1 Å². The minimum Gasteiger partial charge on any atom is -0.495 e. The molecule has 24 heavy (non-hydrogen) atoms. The summed E-state index contributed by atoms with van der Waals surface area (Å²) in [7, 11) is 3.15. The standard InChI is InChI=1S/C16H14ClN3O3S/c1-22-11-7-8-12(23-2)14-13(11)19-16(24-14)20-15(21)18-10-6-4-3-5-9(10)17/h3-8H,1-2H3,(H2,18,19,20,21). The van der Waals surface area contributed by atoms with Crippen molar-refractivity contribution in [2.45, 2.75) is 0 Å². The van der Waals surface area contributed by atoms with Crippen molar-refractivity contribution in [1.29, 1.82) is 0 Å². The molecule has 0 radical (unpaired) electrons. The van der Waals surface area contributed by atoms with Crippen LogP contribution in [0.15, 0.2) is 36.4 Å². The lowest BCUT2D eigenvalue weighted by Crippen LogP contribution is -2.19. The second-order valence-electron chi connectivity index (χ2n) is 4.73. The summed E-state index contributed by atoms with van der Waals surface area (Å²) in [5.74, 6) is 1.28. The van der Waals surface area contributed by atoms with E-state index >= 15 is 0 Å². The van der Waals surface area contributed by atoms with Gasteiger partial charge in [-0.25, -0.2) is 9.78 Å². The van der Waals surface area contributed by atoms with E-state index in [-0.39, 0.29) is 0 Å². The number of fused-ring (bicyclic) bond motifs is 1. The van der Waals surface area contributed by atoms with Crippen molar-refractivity contribution in [2.75, 3.05) is 24.9 Å². The molecule has 0 spiro atoms. The highest BCUT2D eigenvalue weighted by atomic mass is 35.5. The molecule has 0 unspecified atom stereocenters. The minimum atomic E-state index is -0.430. The van der Waals surface area contributed by atoms with Crippen molar-refractivity contribution in [3.8, 4) is 11.5 Å². The summed E-state index contributed by atoms with van der Waals surface area (Å²) < 4.78 is 11.4. The van der Waals surface area contributed by atoms with Gasteiger partial charge in [0.2, 0.25) is 0 Å². The van der Waals surface area contributed by atoms with Crippen LogP contribution in [0.2, 0.25) is 5.02 Å². The monoisotopic (exact) mass is 363 g/mol. The molecule has 0 aliphatic rings. The molecule has 1 aromatic heterocycles. The predicted octanol–water partition coefficient (Wildman–Crippen LogP) is 4.61. The average Bonchev–Trinajstić information content (AvgIpc) is 2.99. The normalized spacial score (nSPS) is 10.5. The molecule has 3 aromatic rings. The maximum absolute atomic E-state index is 12.1. The molecule has 8 heteroatoms. The van der Waals surface area contributed by atoms with Gasteiger partial charge in [-0.15, -0.1) is 0 Å². The lowest BCUT2D eigenvalue weighted by atomic mass is 10.3. The largest absolute Gasteiger partial charge is 0.495 e. The number of aromatic nitrogens is 1. The van der Waals surface area contributed by atoms with E-state index in [9.17, 15) is 4.79 Å². The summed E-state index contributed by atoms with van der Waals surface area (Å²) in [6.07, 6.45) is 0. The van der Waals surface area contributed by atoms with Gasteiger partial charge < -0.3 is 14.8 Å². The number of amides is 2. The number of rotatable bonds is 4. The zero-order valence-corrected chi connectivity index (χ0v) is 14.5. The molecular weight excluding hydrogens is 350 g/mol. The summed E-state index contributed by atoms with van der Waals surface area (Å²) in [5, 5.41) is 6.27. The van der Waals surface area contributed by atoms with Crippen LogP contribution in [-0.2, 0) is 0 Å². The quantitative estimate of drug-likeness (QED) is 0.709. The first-order valence-electron chi connectivity index (χ1n) is 6.96. The number of methoxy groups -OCH3 is 2. The van der Waals surface area contributed by atoms with Crippen molar-refractivity contribution in [3.05, 3.63) is 41.4 Å². The Balaban J connectivity index is 1.85. The van der Waals surface area contributed by atoms with E-state index < -0.39 is 6.03 Å². The van der Waals surface area contributed by atoms with Gasteiger partial charge in [0.1, 0.15) is 21.7 Å². The lowest BCUT2D eigenvalue weighted by molar-refractivity contribution is 0.262. The van der Waals surface area contributed by atoms with Gasteiger partial charge in [-0.05, 0) is 24.3 Å². The van der Waals surface area contributed by atoms with Gasteiger partial charge in [0.05, 0.1) is 24.9 Å². The van der Waals surface area contributed by atoms with E-state index in [2.05, 4.69) is 15.6 Å². The third-order valence-electron chi connectivity index (χ3n) is 3.25. The first kappa shape index (κ1) is 16.4. The Hall–Kier alpha value is -2.51. The number of benzene rings is 2. The summed E-state index contributed by atoms with van der Waals surface area (Å²) in [6.45, 7) is 0. The molecule has 0 atom stereocenters. The lowest BCUT2D eigenvalue weighted by Gasteiger charge is -2.06. The van der Waals surface area contributed by atoms with Crippen LogP contribution in [0.4, 0.5) is 15.6 Å². The molecule has 0 saturated heterocycles. The molecule has 2 amide bonds. The van der Waals surface area contributed by atoms with Crippen molar-refractivity contribution < 1.29 is 14.3 Å². The molecule has 0 aliphatic heterocycles. The summed E-state index contributed by atoms with van der Waals surface area (Å²) in [6, 6.07) is 10.1. The van der Waals surface area contributed by atoms with Crippen LogP contribution in [-0.4, -0.2) is 25.2 Å². The Morgan fingerprint density at radius 2 is 1.79 bits per heavy atom. The Morgan fingerprint density at radius 3 is 2.50 bits per heavy atom. The minimum absolute atomic E-state index is 0.428. The number of para-hydroxylation sites is 1. The third kappa shape index (κ3) is 3.22. The highest BCUT2D eigenvalue weighted by molar-refractivity contribution is 7.22. The van der Waals surface area contributed by atoms with Gasteiger partial charge in [0, 0.05) is 0 Å². The smallest absolute Gasteiger partial charge is 0.325 e. The molecule has 6 nitrogen and oxygen atoms in total. The molecule has 0 fully saturated rings. The molecule has 0 saturated carbocycles. The molecule has 2 N–H and O–H groups in total. The predicted molar refractivity (Wildman–Crippen MR) is 96.8 cm³/mol. The Bertz CT molecular complexity index is 856. The molecule has 0 bridgehead atoms. The fourth-order valence-corrected chi connectivity index (χ4v) is 3.30. The number of halogens is 1. The Labute approximate surface area is 147 Å². The number of hydrogen-bond donors (Lipinski definition) is 2. The Kier molecular flexibility index (Phi) is 4.73. The highest BCUT2D eigenvalue weighted by Crippen LogP contribution is 2.38. The summed E-state index contributed by atoms with van der Waals surface area (Å²) >= 11 is 7.33. The molecule has 1 heterocycles. The van der Waals surface area contributed by atoms with Crippen molar-refractivity contribution >= 4 is 50.0 Å². The number of carbonyl (C=O) groups is 1. The van der Waals surface area contributed by atoms with E-state index in [1.54, 1.807) is 50.6 Å². The van der Waals surface area contributed by atoms with Gasteiger partial charge in [-0.3, -0.25) is 5.32 Å². The Morgan fingerprint density at radius 1 is 1.08 bits per heavy atom. The van der Waals surface area contributed by atoms with Crippen molar-refractivity contribution in [3.63, 3.8) is 0 Å². The molecular formula is C16H14ClN3O3S. The van der Waals surface area contributed by atoms with E-state index in [1.807, 2.05) is 0 Å². The first-order chi connectivity index (χ1) is 11.6.